The number of azo groups is 1. The molecule has 2 amide bonds. The van der Waals surface area contributed by atoms with Crippen molar-refractivity contribution in [2.45, 2.75) is 25.7 Å². The van der Waals surface area contributed by atoms with Crippen LogP contribution in [0.3, 0.4) is 0 Å². The number of fused-ring (bicyclic) bond motifs is 3. The number of amides is 2. The molecule has 1 fully saturated rings. The van der Waals surface area contributed by atoms with E-state index >= 15 is 0 Å². The molecule has 0 spiro atoms. The van der Waals surface area contributed by atoms with Gasteiger partial charge in [-0.25, -0.2) is 0 Å². The van der Waals surface area contributed by atoms with E-state index in [1.165, 1.54) is 18.1 Å². The number of benzene rings is 3. The fraction of sp³-hybridized carbons (Fsp3) is 0.263. The van der Waals surface area contributed by atoms with Gasteiger partial charge in [-0.05, 0) is 114 Å². The molecular formula is C38H33BrN4O6. The predicted octanol–water partition coefficient (Wildman–Crippen LogP) is 7.28. The fourth-order valence-corrected chi connectivity index (χ4v) is 7.99. The summed E-state index contributed by atoms with van der Waals surface area (Å²) in [4.78, 5) is 58.6. The minimum absolute atomic E-state index is 0.0920. The lowest BCUT2D eigenvalue weighted by molar-refractivity contribution is -0.123. The number of hydrogen-bond donors (Lipinski definition) is 1. The van der Waals surface area contributed by atoms with Gasteiger partial charge in [0.25, 0.3) is 0 Å². The number of ether oxygens (including phenoxy) is 1. The van der Waals surface area contributed by atoms with Gasteiger partial charge in [0.05, 0.1) is 40.5 Å². The molecular weight excluding hydrogens is 688 g/mol. The van der Waals surface area contributed by atoms with Gasteiger partial charge >= 0.3 is 0 Å². The average molecular weight is 722 g/mol. The van der Waals surface area contributed by atoms with Gasteiger partial charge in [-0.2, -0.15) is 10.2 Å². The van der Waals surface area contributed by atoms with Gasteiger partial charge in [-0.3, -0.25) is 24.1 Å². The number of rotatable bonds is 6. The molecule has 1 aliphatic heterocycles. The zero-order chi connectivity index (χ0) is 34.7. The number of nitrogens with zero attached hydrogens (tertiary/aromatic N) is 4. The molecule has 11 heteroatoms. The summed E-state index contributed by atoms with van der Waals surface area (Å²) in [6.07, 6.45) is 3.80. The molecule has 1 N–H and O–H groups in total. The highest BCUT2D eigenvalue weighted by Gasteiger charge is 2.56. The van der Waals surface area contributed by atoms with E-state index in [-0.39, 0.29) is 41.3 Å². The molecule has 4 aliphatic rings. The van der Waals surface area contributed by atoms with Crippen molar-refractivity contribution in [3.8, 4) is 11.5 Å². The van der Waals surface area contributed by atoms with Crippen molar-refractivity contribution in [2.75, 3.05) is 31.0 Å². The van der Waals surface area contributed by atoms with Crippen molar-refractivity contribution in [2.24, 2.45) is 28.0 Å². The Hall–Kier alpha value is -5.16. The summed E-state index contributed by atoms with van der Waals surface area (Å²) in [5, 5.41) is 19.2. The first-order chi connectivity index (χ1) is 23.5. The Morgan fingerprint density at radius 1 is 0.918 bits per heavy atom. The lowest BCUT2D eigenvalue weighted by atomic mass is 9.59. The zero-order valence-electron chi connectivity index (χ0n) is 27.3. The quantitative estimate of drug-likeness (QED) is 0.123. The molecule has 0 radical (unpaired) electrons. The van der Waals surface area contributed by atoms with Crippen molar-refractivity contribution in [1.29, 1.82) is 0 Å². The van der Waals surface area contributed by atoms with Crippen LogP contribution in [0.25, 0.3) is 0 Å². The number of carbonyl (C=O) groups excluding carboxylic acids is 4. The van der Waals surface area contributed by atoms with Gasteiger partial charge in [0.2, 0.25) is 11.8 Å². The normalized spacial score (nSPS) is 23.3. The molecule has 0 aromatic heterocycles. The maximum Gasteiger partial charge on any atom is 0.238 e. The van der Waals surface area contributed by atoms with Crippen LogP contribution in [0, 0.1) is 17.8 Å². The van der Waals surface area contributed by atoms with Crippen LogP contribution in [-0.2, 0) is 19.2 Å². The molecule has 1 saturated heterocycles. The summed E-state index contributed by atoms with van der Waals surface area (Å²) in [5.74, 6) is -3.51. The second-order valence-corrected chi connectivity index (χ2v) is 13.8. The van der Waals surface area contributed by atoms with Crippen molar-refractivity contribution in [1.82, 2.24) is 0 Å². The van der Waals surface area contributed by atoms with E-state index in [0.717, 1.165) is 11.3 Å². The molecule has 4 atom stereocenters. The third kappa shape index (κ3) is 5.42. The lowest BCUT2D eigenvalue weighted by Crippen LogP contribution is -2.39. The second kappa shape index (κ2) is 12.4. The van der Waals surface area contributed by atoms with Crippen molar-refractivity contribution >= 4 is 62.1 Å². The Bertz CT molecular complexity index is 2060. The summed E-state index contributed by atoms with van der Waals surface area (Å²) in [7, 11) is 5.36. The topological polar surface area (TPSA) is 129 Å². The van der Waals surface area contributed by atoms with E-state index in [1.54, 1.807) is 43.3 Å². The summed E-state index contributed by atoms with van der Waals surface area (Å²) in [5.41, 5.74) is 5.25. The average Bonchev–Trinajstić information content (AvgIpc) is 3.36. The number of imide groups is 1. The number of carbonyl (C=O) groups is 4. The monoisotopic (exact) mass is 720 g/mol. The molecule has 1 heterocycles. The molecule has 3 aromatic rings. The van der Waals surface area contributed by atoms with E-state index in [1.807, 2.05) is 49.3 Å². The molecule has 248 valence electrons. The molecule has 3 aliphatic carbocycles. The molecule has 49 heavy (non-hydrogen) atoms. The van der Waals surface area contributed by atoms with Gasteiger partial charge < -0.3 is 14.7 Å². The fourth-order valence-electron chi connectivity index (χ4n) is 7.53. The predicted molar refractivity (Wildman–Crippen MR) is 188 cm³/mol. The van der Waals surface area contributed by atoms with Crippen LogP contribution in [0.15, 0.2) is 110 Å². The molecule has 3 aromatic carbocycles. The first kappa shape index (κ1) is 32.4. The number of anilines is 2. The van der Waals surface area contributed by atoms with Crippen LogP contribution in [0.1, 0.15) is 31.2 Å². The van der Waals surface area contributed by atoms with Crippen molar-refractivity contribution < 1.29 is 29.0 Å². The molecule has 10 nitrogen and oxygen atoms in total. The number of aromatic hydroxyl groups is 1. The number of hydrogen-bond acceptors (Lipinski definition) is 9. The number of methoxy groups -OCH3 is 1. The van der Waals surface area contributed by atoms with Crippen LogP contribution in [-0.4, -0.2) is 49.7 Å². The smallest absolute Gasteiger partial charge is 0.238 e. The summed E-state index contributed by atoms with van der Waals surface area (Å²) >= 11 is 3.40. The largest absolute Gasteiger partial charge is 0.503 e. The van der Waals surface area contributed by atoms with Crippen LogP contribution < -0.4 is 14.5 Å². The Balaban J connectivity index is 1.21. The molecule has 7 rings (SSSR count). The van der Waals surface area contributed by atoms with Gasteiger partial charge in [-0.1, -0.05) is 11.6 Å². The Morgan fingerprint density at radius 2 is 1.57 bits per heavy atom. The number of phenols is 1. The first-order valence-electron chi connectivity index (χ1n) is 15.9. The van der Waals surface area contributed by atoms with Crippen LogP contribution in [0.4, 0.5) is 22.7 Å². The number of ketones is 2. The highest BCUT2D eigenvalue weighted by atomic mass is 79.9. The minimum Gasteiger partial charge on any atom is -0.503 e. The highest BCUT2D eigenvalue weighted by molar-refractivity contribution is 9.10. The third-order valence-corrected chi connectivity index (χ3v) is 10.5. The Labute approximate surface area is 291 Å². The SMILES string of the molecule is COc1cc(C2C3=CCC4C(=O)N(c5ccc(N=Nc6ccc(N(C)C)cc6)cc5)C(=O)C4C3CC3=C2C(=O)C=C(C)C3=O)cc(Br)c1O. The van der Waals surface area contributed by atoms with Gasteiger partial charge in [0.15, 0.2) is 23.1 Å². The number of halogens is 1. The maximum absolute atomic E-state index is 14.3. The standard InChI is InChI=1S/C38H33BrN4O6/c1-19-15-30(44)34-28(35(19)45)18-27-25(32(34)20-16-29(39)36(46)31(17-20)49-4)13-14-26-33(27)38(48)43(37(26)47)24-11-7-22(8-12-24)41-40-21-5-9-23(10-6-21)42(2)3/h5-13,15-17,26-27,32-33,46H,14,18H2,1-4H3. The second-order valence-electron chi connectivity index (χ2n) is 12.9. The van der Waals surface area contributed by atoms with Gasteiger partial charge in [-0.15, -0.1) is 0 Å². The molecule has 0 bridgehead atoms. The summed E-state index contributed by atoms with van der Waals surface area (Å²) < 4.78 is 5.78. The first-order valence-corrected chi connectivity index (χ1v) is 16.7. The van der Waals surface area contributed by atoms with Crippen LogP contribution in [0.2, 0.25) is 0 Å². The zero-order valence-corrected chi connectivity index (χ0v) is 28.9. The van der Waals surface area contributed by atoms with E-state index in [0.29, 0.717) is 50.2 Å². The van der Waals surface area contributed by atoms with Gasteiger partial charge in [0.1, 0.15) is 0 Å². The number of phenolic OH excluding ortho intramolecular Hbond substituents is 1. The molecule has 0 saturated carbocycles. The summed E-state index contributed by atoms with van der Waals surface area (Å²) in [6.45, 7) is 1.62. The van der Waals surface area contributed by atoms with E-state index in [4.69, 9.17) is 4.74 Å². The van der Waals surface area contributed by atoms with Crippen LogP contribution >= 0.6 is 15.9 Å². The highest BCUT2D eigenvalue weighted by Crippen LogP contribution is 2.56. The summed E-state index contributed by atoms with van der Waals surface area (Å²) in [6, 6.07) is 17.8. The number of Topliss-reactive ketones (excluding diaryl/α,β-unsaturated/α-hetero) is 1. The van der Waals surface area contributed by atoms with E-state index in [9.17, 15) is 24.3 Å². The third-order valence-electron chi connectivity index (χ3n) is 9.92. The van der Waals surface area contributed by atoms with Crippen LogP contribution in [0.5, 0.6) is 11.5 Å². The lowest BCUT2D eigenvalue weighted by Gasteiger charge is -2.42. The number of allylic oxidation sites excluding steroid dienone is 6. The minimum atomic E-state index is -0.717. The van der Waals surface area contributed by atoms with Crippen molar-refractivity contribution in [3.63, 3.8) is 0 Å². The molecule has 4 unspecified atom stereocenters. The van der Waals surface area contributed by atoms with Gasteiger partial charge in [0, 0.05) is 42.4 Å². The Morgan fingerprint density at radius 3 is 2.20 bits per heavy atom. The van der Waals surface area contributed by atoms with E-state index in [2.05, 4.69) is 26.2 Å². The maximum atomic E-state index is 14.3. The Kier molecular flexibility index (Phi) is 8.18. The van der Waals surface area contributed by atoms with E-state index < -0.39 is 23.7 Å². The van der Waals surface area contributed by atoms with Crippen molar-refractivity contribution in [3.05, 3.63) is 105 Å².